The molecule has 0 bridgehead atoms. The van der Waals surface area contributed by atoms with E-state index in [9.17, 15) is 4.79 Å². The molecule has 0 aromatic heterocycles. The Morgan fingerprint density at radius 3 is 2.67 bits per heavy atom. The summed E-state index contributed by atoms with van der Waals surface area (Å²) in [6.07, 6.45) is 1.24. The maximum absolute atomic E-state index is 11.9. The predicted molar refractivity (Wildman–Crippen MR) is 79.6 cm³/mol. The van der Waals surface area contributed by atoms with E-state index in [4.69, 9.17) is 5.73 Å². The van der Waals surface area contributed by atoms with Crippen molar-refractivity contribution >= 4 is 27.5 Å². The van der Waals surface area contributed by atoms with Gasteiger partial charge in [0.15, 0.2) is 0 Å². The molecule has 0 aliphatic rings. The van der Waals surface area contributed by atoms with Crippen molar-refractivity contribution in [2.24, 2.45) is 11.7 Å². The maximum Gasteiger partial charge on any atom is 0.225 e. The zero-order valence-corrected chi connectivity index (χ0v) is 12.8. The fraction of sp³-hybridized carbons (Fsp3) is 0.500. The summed E-state index contributed by atoms with van der Waals surface area (Å²) in [4.78, 5) is 11.9. The third-order valence-electron chi connectivity index (χ3n) is 3.00. The van der Waals surface area contributed by atoms with E-state index in [1.165, 1.54) is 0 Å². The number of hydrogen-bond acceptors (Lipinski definition) is 2. The van der Waals surface area contributed by atoms with Crippen LogP contribution in [0.1, 0.15) is 32.8 Å². The Labute approximate surface area is 117 Å². The first-order valence-electron chi connectivity index (χ1n) is 6.27. The van der Waals surface area contributed by atoms with E-state index in [0.29, 0.717) is 12.3 Å². The number of nitrogens with one attached hydrogen (secondary N) is 1. The first kappa shape index (κ1) is 15.2. The lowest BCUT2D eigenvalue weighted by atomic mass is 10.0. The van der Waals surface area contributed by atoms with E-state index in [2.05, 4.69) is 28.2 Å². The van der Waals surface area contributed by atoms with Gasteiger partial charge in [0.25, 0.3) is 0 Å². The Morgan fingerprint density at radius 1 is 1.44 bits per heavy atom. The largest absolute Gasteiger partial charge is 0.327 e. The molecule has 3 N–H and O–H groups in total. The summed E-state index contributed by atoms with van der Waals surface area (Å²) >= 11 is 3.43. The molecule has 1 aromatic rings. The number of hydrogen-bond donors (Lipinski definition) is 2. The quantitative estimate of drug-likeness (QED) is 0.876. The second-order valence-electron chi connectivity index (χ2n) is 4.82. The molecule has 18 heavy (non-hydrogen) atoms. The molecule has 100 valence electrons. The summed E-state index contributed by atoms with van der Waals surface area (Å²) in [7, 11) is 0. The molecule has 1 rings (SSSR count). The number of amides is 1. The van der Waals surface area contributed by atoms with Gasteiger partial charge in [-0.15, -0.1) is 0 Å². The minimum atomic E-state index is -0.0921. The number of benzene rings is 1. The number of aryl methyl sites for hydroxylation is 1. The lowest BCUT2D eigenvalue weighted by Gasteiger charge is -2.16. The molecule has 3 nitrogen and oxygen atoms in total. The van der Waals surface area contributed by atoms with Crippen LogP contribution in [0.5, 0.6) is 0 Å². The highest BCUT2D eigenvalue weighted by atomic mass is 79.9. The molecular weight excluding hydrogens is 292 g/mol. The topological polar surface area (TPSA) is 55.1 Å². The van der Waals surface area contributed by atoms with Crippen LogP contribution in [0, 0.1) is 5.92 Å². The Morgan fingerprint density at radius 2 is 2.11 bits per heavy atom. The zero-order valence-electron chi connectivity index (χ0n) is 11.2. The molecule has 4 heteroatoms. The van der Waals surface area contributed by atoms with Crippen LogP contribution in [0.4, 0.5) is 5.69 Å². The van der Waals surface area contributed by atoms with E-state index >= 15 is 0 Å². The molecule has 0 saturated heterocycles. The van der Waals surface area contributed by atoms with Crippen LogP contribution in [0.15, 0.2) is 22.7 Å². The average molecular weight is 313 g/mol. The first-order valence-corrected chi connectivity index (χ1v) is 7.07. The summed E-state index contributed by atoms with van der Waals surface area (Å²) in [5, 5.41) is 2.93. The number of rotatable bonds is 5. The van der Waals surface area contributed by atoms with E-state index in [-0.39, 0.29) is 11.9 Å². The van der Waals surface area contributed by atoms with Crippen LogP contribution < -0.4 is 11.1 Å². The van der Waals surface area contributed by atoms with Gasteiger partial charge in [-0.2, -0.15) is 0 Å². The molecule has 0 fully saturated rings. The lowest BCUT2D eigenvalue weighted by molar-refractivity contribution is -0.116. The number of nitrogens with two attached hydrogens (primary N) is 1. The average Bonchev–Trinajstić information content (AvgIpc) is 2.31. The first-order chi connectivity index (χ1) is 8.43. The van der Waals surface area contributed by atoms with Crippen LogP contribution in [0.2, 0.25) is 0 Å². The van der Waals surface area contributed by atoms with Crippen LogP contribution in [-0.2, 0) is 11.2 Å². The predicted octanol–water partition coefficient (Wildman–Crippen LogP) is 3.32. The van der Waals surface area contributed by atoms with Gasteiger partial charge in [0.1, 0.15) is 0 Å². The highest BCUT2D eigenvalue weighted by Crippen LogP contribution is 2.22. The van der Waals surface area contributed by atoms with Crippen molar-refractivity contribution < 1.29 is 4.79 Å². The van der Waals surface area contributed by atoms with Crippen molar-refractivity contribution in [2.75, 3.05) is 5.32 Å². The maximum atomic E-state index is 11.9. The summed E-state index contributed by atoms with van der Waals surface area (Å²) in [6.45, 7) is 6.11. The van der Waals surface area contributed by atoms with Gasteiger partial charge in [0.2, 0.25) is 5.91 Å². The number of halogens is 1. The van der Waals surface area contributed by atoms with E-state index in [1.807, 2.05) is 32.0 Å². The molecule has 1 aromatic carbocycles. The molecule has 1 unspecified atom stereocenters. The Hall–Kier alpha value is -0.870. The molecule has 0 spiro atoms. The third-order valence-corrected chi connectivity index (χ3v) is 3.49. The van der Waals surface area contributed by atoms with Gasteiger partial charge in [-0.1, -0.05) is 36.7 Å². The fourth-order valence-electron chi connectivity index (χ4n) is 1.63. The monoisotopic (exact) mass is 312 g/mol. The number of carbonyl (C=O) groups is 1. The molecule has 0 radical (unpaired) electrons. The molecule has 0 aliphatic heterocycles. The van der Waals surface area contributed by atoms with Gasteiger partial charge < -0.3 is 11.1 Å². The zero-order chi connectivity index (χ0) is 13.7. The van der Waals surface area contributed by atoms with Gasteiger partial charge in [-0.3, -0.25) is 4.79 Å². The van der Waals surface area contributed by atoms with Crippen molar-refractivity contribution in [2.45, 2.75) is 39.7 Å². The smallest absolute Gasteiger partial charge is 0.225 e. The van der Waals surface area contributed by atoms with Crippen molar-refractivity contribution in [1.29, 1.82) is 0 Å². The molecule has 0 aliphatic carbocycles. The van der Waals surface area contributed by atoms with Crippen LogP contribution in [0.3, 0.4) is 0 Å². The van der Waals surface area contributed by atoms with Gasteiger partial charge in [-0.05, 0) is 36.1 Å². The summed E-state index contributed by atoms with van der Waals surface area (Å²) in [6, 6.07) is 5.78. The second kappa shape index (κ2) is 6.90. The minimum absolute atomic E-state index is 0.0202. The molecule has 0 heterocycles. The van der Waals surface area contributed by atoms with Gasteiger partial charge in [0, 0.05) is 22.6 Å². The number of carbonyl (C=O) groups excluding carboxylic acids is 1. The SMILES string of the molecule is CCc1cc(Br)ccc1NC(=O)CC(N)C(C)C. The molecule has 0 saturated carbocycles. The summed E-state index contributed by atoms with van der Waals surface area (Å²) in [5.74, 6) is 0.291. The Balaban J connectivity index is 2.70. The Kier molecular flexibility index (Phi) is 5.82. The molecule has 1 atom stereocenters. The molecule has 1 amide bonds. The van der Waals surface area contributed by atoms with E-state index < -0.39 is 0 Å². The highest BCUT2D eigenvalue weighted by molar-refractivity contribution is 9.10. The lowest BCUT2D eigenvalue weighted by Crippen LogP contribution is -2.31. The summed E-state index contributed by atoms with van der Waals surface area (Å²) < 4.78 is 1.02. The summed E-state index contributed by atoms with van der Waals surface area (Å²) in [5.41, 5.74) is 7.90. The fourth-order valence-corrected chi connectivity index (χ4v) is 2.04. The van der Waals surface area contributed by atoms with Gasteiger partial charge in [0.05, 0.1) is 0 Å². The van der Waals surface area contributed by atoms with Crippen molar-refractivity contribution in [3.05, 3.63) is 28.2 Å². The molecular formula is C14H21BrN2O. The van der Waals surface area contributed by atoms with Crippen molar-refractivity contribution in [3.8, 4) is 0 Å². The van der Waals surface area contributed by atoms with E-state index in [0.717, 1.165) is 22.1 Å². The number of anilines is 1. The van der Waals surface area contributed by atoms with Gasteiger partial charge >= 0.3 is 0 Å². The van der Waals surface area contributed by atoms with Gasteiger partial charge in [-0.25, -0.2) is 0 Å². The normalized spacial score (nSPS) is 12.6. The van der Waals surface area contributed by atoms with Crippen LogP contribution >= 0.6 is 15.9 Å². The van der Waals surface area contributed by atoms with Crippen molar-refractivity contribution in [3.63, 3.8) is 0 Å². The third kappa shape index (κ3) is 4.42. The Bertz CT molecular complexity index is 418. The van der Waals surface area contributed by atoms with Crippen LogP contribution in [0.25, 0.3) is 0 Å². The minimum Gasteiger partial charge on any atom is -0.327 e. The second-order valence-corrected chi connectivity index (χ2v) is 5.73. The van der Waals surface area contributed by atoms with E-state index in [1.54, 1.807) is 0 Å². The van der Waals surface area contributed by atoms with Crippen molar-refractivity contribution in [1.82, 2.24) is 0 Å². The standard InChI is InChI=1S/C14H21BrN2O/c1-4-10-7-11(15)5-6-13(10)17-14(18)8-12(16)9(2)3/h5-7,9,12H,4,8,16H2,1-3H3,(H,17,18). The van der Waals surface area contributed by atoms with Crippen LogP contribution in [-0.4, -0.2) is 11.9 Å². The highest BCUT2D eigenvalue weighted by Gasteiger charge is 2.14.